The van der Waals surface area contributed by atoms with Gasteiger partial charge < -0.3 is 15.9 Å². The average Bonchev–Trinajstić information content (AvgIpc) is 2.21. The maximum Gasteiger partial charge on any atom is 0.314 e. The van der Waals surface area contributed by atoms with Crippen LogP contribution in [0, 0.1) is 21.4 Å². The Hall–Kier alpha value is -2.04. The molecule has 0 amide bonds. The Labute approximate surface area is 103 Å². The first kappa shape index (κ1) is 15.0. The highest BCUT2D eigenvalue weighted by Crippen LogP contribution is 2.37. The Kier molecular flexibility index (Phi) is 5.18. The highest BCUT2D eigenvalue weighted by molar-refractivity contribution is 5.85. The maximum atomic E-state index is 10.5. The van der Waals surface area contributed by atoms with Gasteiger partial charge in [-0.3, -0.25) is 10.1 Å². The molecule has 0 saturated carbocycles. The Morgan fingerprint density at radius 1 is 1.53 bits per heavy atom. The molecule has 4 N–H and O–H groups in total. The van der Waals surface area contributed by atoms with E-state index in [1.54, 1.807) is 0 Å². The number of aromatic hydroxyl groups is 2. The van der Waals surface area contributed by atoms with Gasteiger partial charge in [-0.1, -0.05) is 0 Å². The molecule has 1 aromatic carbocycles. The number of nitriles is 1. The molecule has 0 aliphatic rings. The molecule has 17 heavy (non-hydrogen) atoms. The molecule has 0 spiro atoms. The number of nitro benzene ring substituents is 1. The van der Waals surface area contributed by atoms with Crippen molar-refractivity contribution in [3.8, 4) is 17.6 Å². The van der Waals surface area contributed by atoms with E-state index in [1.807, 2.05) is 6.07 Å². The maximum absolute atomic E-state index is 10.5. The minimum absolute atomic E-state index is 0. The predicted octanol–water partition coefficient (Wildman–Crippen LogP) is 1.34. The quantitative estimate of drug-likeness (QED) is 0.426. The zero-order valence-electron chi connectivity index (χ0n) is 8.53. The molecule has 0 bridgehead atoms. The van der Waals surface area contributed by atoms with Crippen molar-refractivity contribution in [2.75, 3.05) is 0 Å². The fourth-order valence-corrected chi connectivity index (χ4v) is 1.19. The summed E-state index contributed by atoms with van der Waals surface area (Å²) in [4.78, 5) is 9.70. The van der Waals surface area contributed by atoms with E-state index in [1.165, 1.54) is 0 Å². The zero-order chi connectivity index (χ0) is 12.3. The van der Waals surface area contributed by atoms with Gasteiger partial charge in [-0.15, -0.1) is 12.4 Å². The third kappa shape index (κ3) is 3.21. The van der Waals surface area contributed by atoms with Crippen LogP contribution in [0.3, 0.4) is 0 Å². The lowest BCUT2D eigenvalue weighted by Gasteiger charge is -2.09. The average molecular weight is 260 g/mol. The summed E-state index contributed by atoms with van der Waals surface area (Å²) in [5, 5.41) is 37.4. The van der Waals surface area contributed by atoms with Crippen LogP contribution in [-0.2, 0) is 0 Å². The number of halogens is 1. The van der Waals surface area contributed by atoms with Crippen LogP contribution in [0.1, 0.15) is 18.0 Å². The summed E-state index contributed by atoms with van der Waals surface area (Å²) >= 11 is 0. The topological polar surface area (TPSA) is 133 Å². The molecular formula is C9H10ClN3O4. The van der Waals surface area contributed by atoms with Crippen molar-refractivity contribution < 1.29 is 15.1 Å². The van der Waals surface area contributed by atoms with Gasteiger partial charge in [-0.25, -0.2) is 0 Å². The van der Waals surface area contributed by atoms with Crippen molar-refractivity contribution in [3.05, 3.63) is 27.8 Å². The Balaban J connectivity index is 0.00000256. The molecule has 92 valence electrons. The van der Waals surface area contributed by atoms with Gasteiger partial charge in [0.25, 0.3) is 0 Å². The largest absolute Gasteiger partial charge is 0.504 e. The third-order valence-electron chi connectivity index (χ3n) is 2.03. The van der Waals surface area contributed by atoms with E-state index >= 15 is 0 Å². The molecule has 0 unspecified atom stereocenters. The van der Waals surface area contributed by atoms with Gasteiger partial charge in [0, 0.05) is 12.1 Å². The van der Waals surface area contributed by atoms with Gasteiger partial charge in [-0.05, 0) is 11.6 Å². The highest BCUT2D eigenvalue weighted by atomic mass is 35.5. The molecule has 0 aliphatic heterocycles. The Bertz CT molecular complexity index is 472. The van der Waals surface area contributed by atoms with Gasteiger partial charge >= 0.3 is 5.69 Å². The summed E-state index contributed by atoms with van der Waals surface area (Å²) in [6, 6.07) is 3.21. The van der Waals surface area contributed by atoms with E-state index in [-0.39, 0.29) is 24.4 Å². The molecule has 0 fully saturated rings. The molecule has 1 aromatic rings. The first-order valence-corrected chi connectivity index (χ1v) is 4.30. The van der Waals surface area contributed by atoms with Crippen molar-refractivity contribution in [2.45, 2.75) is 12.5 Å². The molecule has 7 nitrogen and oxygen atoms in total. The van der Waals surface area contributed by atoms with Gasteiger partial charge in [0.15, 0.2) is 5.75 Å². The summed E-state index contributed by atoms with van der Waals surface area (Å²) < 4.78 is 0. The van der Waals surface area contributed by atoms with Crippen LogP contribution in [0.5, 0.6) is 11.5 Å². The number of hydrogen-bond donors (Lipinski definition) is 3. The summed E-state index contributed by atoms with van der Waals surface area (Å²) in [5.41, 5.74) is 5.15. The lowest BCUT2D eigenvalue weighted by atomic mass is 10.0. The first-order valence-electron chi connectivity index (χ1n) is 4.30. The number of phenolic OH excluding ortho intramolecular Hbond substituents is 2. The number of nitrogens with two attached hydrogens (primary N) is 1. The minimum atomic E-state index is -0.836. The van der Waals surface area contributed by atoms with E-state index in [0.29, 0.717) is 0 Å². The normalized spacial score (nSPS) is 11.1. The number of benzene rings is 1. The molecule has 1 atom stereocenters. The van der Waals surface area contributed by atoms with E-state index in [0.717, 1.165) is 12.1 Å². The smallest absolute Gasteiger partial charge is 0.314 e. The van der Waals surface area contributed by atoms with Crippen molar-refractivity contribution in [3.63, 3.8) is 0 Å². The molecule has 0 radical (unpaired) electrons. The molecule has 8 heteroatoms. The molecule has 0 aromatic heterocycles. The van der Waals surface area contributed by atoms with Crippen LogP contribution >= 0.6 is 12.4 Å². The standard InChI is InChI=1S/C9H9N3O4.ClH/c10-2-1-6(11)5-3-7(12(15)16)9(14)8(13)4-5;/h3-4,6,13-14H,1,11H2;1H/t6-;/m0./s1. The monoisotopic (exact) mass is 259 g/mol. The van der Waals surface area contributed by atoms with Crippen molar-refractivity contribution in [1.82, 2.24) is 0 Å². The molecule has 0 aliphatic carbocycles. The summed E-state index contributed by atoms with van der Waals surface area (Å²) in [5.74, 6) is -1.43. The fraction of sp³-hybridized carbons (Fsp3) is 0.222. The molecule has 1 rings (SSSR count). The zero-order valence-corrected chi connectivity index (χ0v) is 9.35. The van der Waals surface area contributed by atoms with Crippen LogP contribution in [0.2, 0.25) is 0 Å². The fourth-order valence-electron chi connectivity index (χ4n) is 1.19. The molecular weight excluding hydrogens is 250 g/mol. The summed E-state index contributed by atoms with van der Waals surface area (Å²) in [6.07, 6.45) is -0.0403. The summed E-state index contributed by atoms with van der Waals surface area (Å²) in [6.45, 7) is 0. The van der Waals surface area contributed by atoms with Gasteiger partial charge in [0.2, 0.25) is 5.75 Å². The van der Waals surface area contributed by atoms with E-state index in [9.17, 15) is 20.3 Å². The minimum Gasteiger partial charge on any atom is -0.504 e. The second-order valence-electron chi connectivity index (χ2n) is 3.13. The number of nitro groups is 1. The van der Waals surface area contributed by atoms with Crippen LogP contribution in [0.15, 0.2) is 12.1 Å². The lowest BCUT2D eigenvalue weighted by Crippen LogP contribution is -2.09. The SMILES string of the molecule is Cl.N#CC[C@H](N)c1cc(O)c(O)c([N+](=O)[O-])c1. The van der Waals surface area contributed by atoms with Gasteiger partial charge in [-0.2, -0.15) is 5.26 Å². The van der Waals surface area contributed by atoms with Crippen LogP contribution in [0.4, 0.5) is 5.69 Å². The van der Waals surface area contributed by atoms with Crippen molar-refractivity contribution in [1.29, 1.82) is 5.26 Å². The Morgan fingerprint density at radius 2 is 2.12 bits per heavy atom. The van der Waals surface area contributed by atoms with E-state index < -0.39 is 28.2 Å². The number of phenols is 2. The van der Waals surface area contributed by atoms with Crippen LogP contribution in [0.25, 0.3) is 0 Å². The van der Waals surface area contributed by atoms with Crippen molar-refractivity contribution >= 4 is 18.1 Å². The second-order valence-corrected chi connectivity index (χ2v) is 3.13. The number of hydrogen-bond acceptors (Lipinski definition) is 6. The predicted molar refractivity (Wildman–Crippen MR) is 60.8 cm³/mol. The third-order valence-corrected chi connectivity index (χ3v) is 2.03. The van der Waals surface area contributed by atoms with Gasteiger partial charge in [0.05, 0.1) is 17.4 Å². The summed E-state index contributed by atoms with van der Waals surface area (Å²) in [7, 11) is 0. The van der Waals surface area contributed by atoms with E-state index in [4.69, 9.17) is 11.0 Å². The Morgan fingerprint density at radius 3 is 2.59 bits per heavy atom. The lowest BCUT2D eigenvalue weighted by molar-refractivity contribution is -0.386. The van der Waals surface area contributed by atoms with Crippen LogP contribution < -0.4 is 5.73 Å². The number of nitrogens with zero attached hydrogens (tertiary/aromatic N) is 2. The molecule has 0 heterocycles. The highest BCUT2D eigenvalue weighted by Gasteiger charge is 2.20. The van der Waals surface area contributed by atoms with Crippen LogP contribution in [-0.4, -0.2) is 15.1 Å². The first-order chi connectivity index (χ1) is 7.47. The number of rotatable bonds is 3. The second kappa shape index (κ2) is 5.89. The van der Waals surface area contributed by atoms with Gasteiger partial charge in [0.1, 0.15) is 0 Å². The molecule has 0 saturated heterocycles. The van der Waals surface area contributed by atoms with E-state index in [2.05, 4.69) is 0 Å². The van der Waals surface area contributed by atoms with Crippen molar-refractivity contribution in [2.24, 2.45) is 5.73 Å².